The van der Waals surface area contributed by atoms with E-state index in [1.165, 1.54) is 17.8 Å². The third-order valence-electron chi connectivity index (χ3n) is 4.21. The molecule has 2 N–H and O–H groups in total. The molecule has 0 saturated heterocycles. The van der Waals surface area contributed by atoms with Crippen molar-refractivity contribution >= 4 is 34.8 Å². The first-order valence-corrected chi connectivity index (χ1v) is 10.1. The van der Waals surface area contributed by atoms with E-state index in [0.29, 0.717) is 34.6 Å². The van der Waals surface area contributed by atoms with Crippen LogP contribution in [0.25, 0.3) is 5.65 Å². The zero-order valence-electron chi connectivity index (χ0n) is 16.2. The maximum atomic E-state index is 13.8. The number of nitrogens with one attached hydrogen (secondary N) is 2. The Labute approximate surface area is 179 Å². The molecular formula is C21H16F2N4O3S. The molecule has 0 saturated carbocycles. The number of urea groups is 1. The minimum atomic E-state index is -0.875. The highest BCUT2D eigenvalue weighted by Crippen LogP contribution is 2.29. The van der Waals surface area contributed by atoms with Gasteiger partial charge in [-0.3, -0.25) is 4.79 Å². The number of aryl methyl sites for hydroxylation is 1. The number of carbonyl (C=O) groups is 1. The van der Waals surface area contributed by atoms with Gasteiger partial charge in [-0.1, -0.05) is 12.1 Å². The molecule has 0 radical (unpaired) electrons. The van der Waals surface area contributed by atoms with E-state index in [1.54, 1.807) is 37.3 Å². The second-order valence-corrected chi connectivity index (χ2v) is 7.59. The Hall–Kier alpha value is -3.66. The van der Waals surface area contributed by atoms with Gasteiger partial charge in [0.05, 0.1) is 17.1 Å². The molecule has 0 unspecified atom stereocenters. The van der Waals surface area contributed by atoms with Crippen LogP contribution in [0.3, 0.4) is 0 Å². The lowest BCUT2D eigenvalue weighted by molar-refractivity contribution is 0.262. The molecule has 2 amide bonds. The third-order valence-corrected chi connectivity index (χ3v) is 5.32. The molecule has 0 atom stereocenters. The van der Waals surface area contributed by atoms with Gasteiger partial charge in [0.15, 0.2) is 5.65 Å². The van der Waals surface area contributed by atoms with Gasteiger partial charge in [-0.05, 0) is 31.2 Å². The zero-order chi connectivity index (χ0) is 22.0. The smallest absolute Gasteiger partial charge is 0.323 e. The molecule has 7 nitrogen and oxygen atoms in total. The van der Waals surface area contributed by atoms with E-state index in [1.807, 2.05) is 0 Å². The molecule has 2 aromatic heterocycles. The largest absolute Gasteiger partial charge is 0.375 e. The van der Waals surface area contributed by atoms with Crippen molar-refractivity contribution in [2.24, 2.45) is 0 Å². The minimum Gasteiger partial charge on any atom is -0.375 e. The van der Waals surface area contributed by atoms with Crippen molar-refractivity contribution in [3.63, 3.8) is 0 Å². The predicted molar refractivity (Wildman–Crippen MR) is 113 cm³/mol. The number of anilines is 2. The van der Waals surface area contributed by atoms with Crippen LogP contribution in [0.4, 0.5) is 25.0 Å². The average Bonchev–Trinajstić information content (AvgIpc) is 3.10. The third kappa shape index (κ3) is 4.75. The summed E-state index contributed by atoms with van der Waals surface area (Å²) in [7, 11) is 0. The number of aromatic nitrogens is 2. The van der Waals surface area contributed by atoms with Crippen LogP contribution in [-0.2, 0) is 5.75 Å². The standard InChI is InChI=1S/C21H16F2N4O3S/c1-12-8-19-24-14(10-20(28)27(19)30-12)11-31-18-5-3-2-4-17(18)26-21(29)25-16-7-6-13(22)9-15(16)23/h2-10H,11H2,1H3,(H2,25,26,29). The molecular weight excluding hydrogens is 426 g/mol. The molecule has 2 aromatic carbocycles. The van der Waals surface area contributed by atoms with Crippen LogP contribution in [0.1, 0.15) is 11.5 Å². The quantitative estimate of drug-likeness (QED) is 0.433. The number of para-hydroxylation sites is 1. The Bertz CT molecular complexity index is 1340. The molecule has 4 rings (SSSR count). The number of nitrogens with zero attached hydrogens (tertiary/aromatic N) is 2. The van der Waals surface area contributed by atoms with E-state index in [0.717, 1.165) is 21.6 Å². The van der Waals surface area contributed by atoms with Crippen molar-refractivity contribution in [1.82, 2.24) is 9.56 Å². The van der Waals surface area contributed by atoms with E-state index >= 15 is 0 Å². The van der Waals surface area contributed by atoms with Crippen LogP contribution in [0.5, 0.6) is 0 Å². The van der Waals surface area contributed by atoms with Crippen LogP contribution < -0.4 is 16.2 Å². The number of fused-ring (bicyclic) bond motifs is 1. The summed E-state index contributed by atoms with van der Waals surface area (Å²) in [4.78, 5) is 29.6. The highest BCUT2D eigenvalue weighted by molar-refractivity contribution is 7.98. The summed E-state index contributed by atoms with van der Waals surface area (Å²) in [6, 6.07) is 12.3. The summed E-state index contributed by atoms with van der Waals surface area (Å²) in [5.74, 6) is -0.655. The molecule has 0 fully saturated rings. The summed E-state index contributed by atoms with van der Waals surface area (Å²) in [5.41, 5.74) is 1.01. The van der Waals surface area contributed by atoms with Gasteiger partial charge in [0, 0.05) is 28.8 Å². The fourth-order valence-electron chi connectivity index (χ4n) is 2.86. The van der Waals surface area contributed by atoms with Gasteiger partial charge in [-0.2, -0.15) is 0 Å². The van der Waals surface area contributed by atoms with Gasteiger partial charge in [-0.15, -0.1) is 16.3 Å². The van der Waals surface area contributed by atoms with Crippen molar-refractivity contribution < 1.29 is 18.1 Å². The monoisotopic (exact) mass is 442 g/mol. The molecule has 0 bridgehead atoms. The number of thioether (sulfide) groups is 1. The van der Waals surface area contributed by atoms with E-state index in [4.69, 9.17) is 4.52 Å². The fourth-order valence-corrected chi connectivity index (χ4v) is 3.76. The summed E-state index contributed by atoms with van der Waals surface area (Å²) < 4.78 is 33.2. The molecule has 0 spiro atoms. The lowest BCUT2D eigenvalue weighted by Crippen LogP contribution is -2.20. The van der Waals surface area contributed by atoms with Crippen molar-refractivity contribution in [2.45, 2.75) is 17.6 Å². The second-order valence-electron chi connectivity index (χ2n) is 6.57. The lowest BCUT2D eigenvalue weighted by atomic mass is 10.3. The Kier molecular flexibility index (Phi) is 5.72. The number of rotatable bonds is 5. The Morgan fingerprint density at radius 1 is 1.10 bits per heavy atom. The summed E-state index contributed by atoms with van der Waals surface area (Å²) in [6.45, 7) is 1.73. The van der Waals surface area contributed by atoms with Gasteiger partial charge >= 0.3 is 6.03 Å². The molecule has 2 heterocycles. The summed E-state index contributed by atoms with van der Waals surface area (Å²) >= 11 is 1.37. The van der Waals surface area contributed by atoms with Gasteiger partial charge in [0.25, 0.3) is 5.56 Å². The van der Waals surface area contributed by atoms with E-state index in [9.17, 15) is 18.4 Å². The van der Waals surface area contributed by atoms with Crippen LogP contribution in [0, 0.1) is 18.6 Å². The summed E-state index contributed by atoms with van der Waals surface area (Å²) in [5, 5.41) is 5.00. The van der Waals surface area contributed by atoms with E-state index in [2.05, 4.69) is 15.6 Å². The molecule has 0 aliphatic heterocycles. The molecule has 31 heavy (non-hydrogen) atoms. The topological polar surface area (TPSA) is 88.6 Å². The highest BCUT2D eigenvalue weighted by Gasteiger charge is 2.12. The van der Waals surface area contributed by atoms with Crippen LogP contribution in [-0.4, -0.2) is 15.6 Å². The number of hydrogen-bond acceptors (Lipinski definition) is 5. The minimum absolute atomic E-state index is 0.141. The molecule has 0 aliphatic rings. The van der Waals surface area contributed by atoms with E-state index < -0.39 is 17.7 Å². The number of amides is 2. The van der Waals surface area contributed by atoms with Gasteiger partial charge < -0.3 is 15.2 Å². The van der Waals surface area contributed by atoms with Gasteiger partial charge in [-0.25, -0.2) is 18.6 Å². The Balaban J connectivity index is 1.47. The molecule has 0 aliphatic carbocycles. The SMILES string of the molecule is Cc1cc2nc(CSc3ccccc3NC(=O)Nc3ccc(F)cc3F)cc(=O)n2o1. The van der Waals surface area contributed by atoms with Gasteiger partial charge in [0.1, 0.15) is 17.4 Å². The first kappa shape index (κ1) is 20.6. The van der Waals surface area contributed by atoms with Crippen molar-refractivity contribution in [3.05, 3.63) is 88.0 Å². The van der Waals surface area contributed by atoms with Crippen molar-refractivity contribution in [2.75, 3.05) is 10.6 Å². The molecule has 4 aromatic rings. The van der Waals surface area contributed by atoms with Gasteiger partial charge in [0.2, 0.25) is 0 Å². The molecule has 10 heteroatoms. The number of carbonyl (C=O) groups excluding carboxylic acids is 1. The normalized spacial score (nSPS) is 10.9. The predicted octanol–water partition coefficient (Wildman–Crippen LogP) is 4.81. The first-order chi connectivity index (χ1) is 14.9. The summed E-state index contributed by atoms with van der Waals surface area (Å²) in [6.07, 6.45) is 0. The number of benzene rings is 2. The maximum Gasteiger partial charge on any atom is 0.323 e. The zero-order valence-corrected chi connectivity index (χ0v) is 17.0. The molecule has 158 valence electrons. The Morgan fingerprint density at radius 2 is 1.87 bits per heavy atom. The van der Waals surface area contributed by atoms with Crippen molar-refractivity contribution in [1.29, 1.82) is 0 Å². The van der Waals surface area contributed by atoms with Crippen molar-refractivity contribution in [3.8, 4) is 0 Å². The fraction of sp³-hybridized carbons (Fsp3) is 0.0952. The maximum absolute atomic E-state index is 13.8. The Morgan fingerprint density at radius 3 is 2.68 bits per heavy atom. The number of halogens is 2. The second kappa shape index (κ2) is 8.60. The van der Waals surface area contributed by atoms with Crippen LogP contribution in [0.15, 0.2) is 68.8 Å². The van der Waals surface area contributed by atoms with Crippen LogP contribution >= 0.6 is 11.8 Å². The number of hydrogen-bond donors (Lipinski definition) is 2. The van der Waals surface area contributed by atoms with E-state index in [-0.39, 0.29) is 11.2 Å². The first-order valence-electron chi connectivity index (χ1n) is 9.13. The average molecular weight is 442 g/mol. The lowest BCUT2D eigenvalue weighted by Gasteiger charge is -2.12. The highest BCUT2D eigenvalue weighted by atomic mass is 32.2. The van der Waals surface area contributed by atoms with Crippen LogP contribution in [0.2, 0.25) is 0 Å².